The molecule has 0 aromatic carbocycles. The van der Waals surface area contributed by atoms with E-state index in [2.05, 4.69) is 15.3 Å². The van der Waals surface area contributed by atoms with Gasteiger partial charge in [0.2, 0.25) is 0 Å². The highest BCUT2D eigenvalue weighted by Crippen LogP contribution is 2.26. The molecule has 0 bridgehead atoms. The molecule has 0 atom stereocenters. The van der Waals surface area contributed by atoms with Crippen LogP contribution in [0.5, 0.6) is 0 Å². The van der Waals surface area contributed by atoms with Crippen molar-refractivity contribution in [3.63, 3.8) is 0 Å². The fraction of sp³-hybridized carbons (Fsp3) is 0.583. The highest BCUT2D eigenvalue weighted by molar-refractivity contribution is 5.77. The van der Waals surface area contributed by atoms with E-state index >= 15 is 0 Å². The Morgan fingerprint density at radius 2 is 2.10 bits per heavy atom. The topological polar surface area (TPSA) is 119 Å². The first-order valence-corrected chi connectivity index (χ1v) is 6.43. The predicted molar refractivity (Wildman–Crippen MR) is 71.6 cm³/mol. The molecule has 2 heterocycles. The fourth-order valence-corrected chi connectivity index (χ4v) is 2.12. The van der Waals surface area contributed by atoms with Crippen LogP contribution in [-0.4, -0.2) is 63.1 Å². The van der Waals surface area contributed by atoms with Gasteiger partial charge in [0.1, 0.15) is 18.0 Å². The van der Waals surface area contributed by atoms with Gasteiger partial charge in [0, 0.05) is 38.5 Å². The van der Waals surface area contributed by atoms with Crippen molar-refractivity contribution < 1.29 is 20.1 Å². The molecule has 1 saturated heterocycles. The van der Waals surface area contributed by atoms with Gasteiger partial charge in [0.15, 0.2) is 5.60 Å². The van der Waals surface area contributed by atoms with Gasteiger partial charge in [-0.15, -0.1) is 0 Å². The molecule has 1 aromatic heterocycles. The quantitative estimate of drug-likeness (QED) is 0.559. The number of nitrogens with one attached hydrogen (secondary N) is 1. The minimum Gasteiger partial charge on any atom is -0.479 e. The number of aliphatic hydroxyl groups excluding tert-OH is 1. The van der Waals surface area contributed by atoms with E-state index in [4.69, 9.17) is 10.2 Å². The Hall–Kier alpha value is -1.93. The Balaban J connectivity index is 2.01. The van der Waals surface area contributed by atoms with Crippen molar-refractivity contribution >= 4 is 17.6 Å². The zero-order chi connectivity index (χ0) is 14.6. The summed E-state index contributed by atoms with van der Waals surface area (Å²) >= 11 is 0. The lowest BCUT2D eigenvalue weighted by atomic mass is 9.92. The first kappa shape index (κ1) is 14.5. The van der Waals surface area contributed by atoms with Crippen LogP contribution in [0.2, 0.25) is 0 Å². The minimum atomic E-state index is -1.64. The molecule has 1 aromatic rings. The van der Waals surface area contributed by atoms with E-state index in [1.54, 1.807) is 6.07 Å². The summed E-state index contributed by atoms with van der Waals surface area (Å²) in [5.74, 6) is 0.0983. The van der Waals surface area contributed by atoms with Crippen LogP contribution < -0.4 is 10.2 Å². The number of anilines is 2. The van der Waals surface area contributed by atoms with Gasteiger partial charge in [-0.3, -0.25) is 0 Å². The summed E-state index contributed by atoms with van der Waals surface area (Å²) in [5.41, 5.74) is -1.64. The number of carboxylic acids is 1. The van der Waals surface area contributed by atoms with Crippen LogP contribution in [0.25, 0.3) is 0 Å². The summed E-state index contributed by atoms with van der Waals surface area (Å²) in [6.45, 7) is 1.24. The third-order valence-corrected chi connectivity index (χ3v) is 3.38. The Morgan fingerprint density at radius 1 is 1.40 bits per heavy atom. The van der Waals surface area contributed by atoms with Crippen LogP contribution in [0.3, 0.4) is 0 Å². The van der Waals surface area contributed by atoms with Crippen molar-refractivity contribution in [2.24, 2.45) is 0 Å². The molecule has 0 amide bonds. The van der Waals surface area contributed by atoms with Crippen LogP contribution in [0.15, 0.2) is 12.4 Å². The molecule has 0 saturated carbocycles. The molecule has 20 heavy (non-hydrogen) atoms. The number of aliphatic carboxylic acids is 1. The maximum Gasteiger partial charge on any atom is 0.335 e. The molecule has 0 aliphatic carbocycles. The Labute approximate surface area is 116 Å². The summed E-state index contributed by atoms with van der Waals surface area (Å²) in [6.07, 6.45) is 1.73. The molecule has 1 aliphatic rings. The van der Waals surface area contributed by atoms with Crippen LogP contribution in [0.4, 0.5) is 11.6 Å². The van der Waals surface area contributed by atoms with Gasteiger partial charge in [-0.1, -0.05) is 0 Å². The van der Waals surface area contributed by atoms with Gasteiger partial charge in [0.05, 0.1) is 6.61 Å². The van der Waals surface area contributed by atoms with E-state index in [9.17, 15) is 9.90 Å². The minimum absolute atomic E-state index is 0.00863. The summed E-state index contributed by atoms with van der Waals surface area (Å²) in [6, 6.07) is 1.74. The molecular weight excluding hydrogens is 264 g/mol. The lowest BCUT2D eigenvalue weighted by Crippen LogP contribution is -2.49. The van der Waals surface area contributed by atoms with Gasteiger partial charge in [-0.25, -0.2) is 14.8 Å². The number of hydrogen-bond acceptors (Lipinski definition) is 7. The standard InChI is InChI=1S/C12H18N4O4/c17-6-3-13-9-7-10(15-8-14-9)16-4-1-12(20,2-5-16)11(18)19/h7-8,17,20H,1-6H2,(H,18,19)(H,13,14,15). The van der Waals surface area contributed by atoms with Crippen LogP contribution in [-0.2, 0) is 4.79 Å². The first-order valence-electron chi connectivity index (χ1n) is 6.43. The molecule has 110 valence electrons. The van der Waals surface area contributed by atoms with Gasteiger partial charge in [-0.05, 0) is 0 Å². The Bertz CT molecular complexity index is 474. The van der Waals surface area contributed by atoms with Crippen molar-refractivity contribution in [2.45, 2.75) is 18.4 Å². The molecular formula is C12H18N4O4. The van der Waals surface area contributed by atoms with E-state index in [0.29, 0.717) is 31.3 Å². The van der Waals surface area contributed by atoms with Crippen molar-refractivity contribution in [2.75, 3.05) is 36.5 Å². The third kappa shape index (κ3) is 3.14. The second-order valence-electron chi connectivity index (χ2n) is 4.74. The first-order chi connectivity index (χ1) is 9.55. The van der Waals surface area contributed by atoms with Crippen LogP contribution in [0, 0.1) is 0 Å². The number of piperidine rings is 1. The maximum absolute atomic E-state index is 11.0. The molecule has 2 rings (SSSR count). The van der Waals surface area contributed by atoms with Crippen molar-refractivity contribution in [3.8, 4) is 0 Å². The van der Waals surface area contributed by atoms with Gasteiger partial charge in [-0.2, -0.15) is 0 Å². The lowest BCUT2D eigenvalue weighted by molar-refractivity contribution is -0.160. The molecule has 8 heteroatoms. The number of carboxylic acid groups (broad SMARTS) is 1. The van der Waals surface area contributed by atoms with E-state index in [1.165, 1.54) is 6.33 Å². The smallest absolute Gasteiger partial charge is 0.335 e. The second-order valence-corrected chi connectivity index (χ2v) is 4.74. The van der Waals surface area contributed by atoms with Crippen molar-refractivity contribution in [1.82, 2.24) is 9.97 Å². The SMILES string of the molecule is O=C(O)C1(O)CCN(c2cc(NCCO)ncn2)CC1. The van der Waals surface area contributed by atoms with Crippen LogP contribution in [0.1, 0.15) is 12.8 Å². The number of rotatable bonds is 5. The number of aliphatic hydroxyl groups is 2. The largest absolute Gasteiger partial charge is 0.479 e. The summed E-state index contributed by atoms with van der Waals surface area (Å²) in [4.78, 5) is 21.0. The molecule has 1 aliphatic heterocycles. The van der Waals surface area contributed by atoms with Crippen LogP contribution >= 0.6 is 0 Å². The molecule has 0 spiro atoms. The highest BCUT2D eigenvalue weighted by atomic mass is 16.4. The maximum atomic E-state index is 11.0. The number of aromatic nitrogens is 2. The summed E-state index contributed by atoms with van der Waals surface area (Å²) in [7, 11) is 0. The monoisotopic (exact) mass is 282 g/mol. The van der Waals surface area contributed by atoms with E-state index < -0.39 is 11.6 Å². The molecule has 8 nitrogen and oxygen atoms in total. The number of nitrogens with zero attached hydrogens (tertiary/aromatic N) is 3. The normalized spacial score (nSPS) is 17.8. The number of carbonyl (C=O) groups is 1. The van der Waals surface area contributed by atoms with Crippen molar-refractivity contribution in [1.29, 1.82) is 0 Å². The Morgan fingerprint density at radius 3 is 2.70 bits per heavy atom. The molecule has 0 unspecified atom stereocenters. The van der Waals surface area contributed by atoms with Crippen molar-refractivity contribution in [3.05, 3.63) is 12.4 Å². The molecule has 0 radical (unpaired) electrons. The number of hydrogen-bond donors (Lipinski definition) is 4. The third-order valence-electron chi connectivity index (χ3n) is 3.38. The highest BCUT2D eigenvalue weighted by Gasteiger charge is 2.39. The lowest BCUT2D eigenvalue weighted by Gasteiger charge is -2.35. The van der Waals surface area contributed by atoms with E-state index in [0.717, 1.165) is 0 Å². The average Bonchev–Trinajstić information content (AvgIpc) is 2.46. The van der Waals surface area contributed by atoms with Gasteiger partial charge in [0.25, 0.3) is 0 Å². The molecule has 1 fully saturated rings. The fourth-order valence-electron chi connectivity index (χ4n) is 2.12. The summed E-state index contributed by atoms with van der Waals surface area (Å²) < 4.78 is 0. The van der Waals surface area contributed by atoms with E-state index in [1.807, 2.05) is 4.90 Å². The zero-order valence-corrected chi connectivity index (χ0v) is 11.0. The predicted octanol–water partition coefficient (Wildman–Crippen LogP) is -0.703. The summed E-state index contributed by atoms with van der Waals surface area (Å²) in [5, 5.41) is 30.5. The van der Waals surface area contributed by atoms with E-state index in [-0.39, 0.29) is 19.4 Å². The Kier molecular flexibility index (Phi) is 4.35. The van der Waals surface area contributed by atoms with Gasteiger partial charge < -0.3 is 25.5 Å². The average molecular weight is 282 g/mol. The van der Waals surface area contributed by atoms with Gasteiger partial charge >= 0.3 is 5.97 Å². The zero-order valence-electron chi connectivity index (χ0n) is 11.0. The second kappa shape index (κ2) is 6.02. The molecule has 4 N–H and O–H groups in total.